The molecule has 0 aromatic heterocycles. The van der Waals surface area contributed by atoms with E-state index in [0.29, 0.717) is 23.8 Å². The van der Waals surface area contributed by atoms with Gasteiger partial charge in [-0.2, -0.15) is 0 Å². The molecule has 0 aliphatic carbocycles. The quantitative estimate of drug-likeness (QED) is 0.391. The molecular formula is C17H30N2O5+2. The standard InChI is InChI=1S/C17H28N2O5/c1-22-15-4-3-5-16(23-2)17(15)24-13-14(21)12-19-8-6-18(7-9-19)10-11-20/h3-5,14,20-21H,6-13H2,1-2H3/p+2/t14-/m0/s1. The maximum absolute atomic E-state index is 10.3. The van der Waals surface area contributed by atoms with Crippen molar-refractivity contribution in [3.05, 3.63) is 18.2 Å². The second-order valence-electron chi connectivity index (χ2n) is 6.13. The Labute approximate surface area is 143 Å². The molecule has 0 saturated carbocycles. The minimum Gasteiger partial charge on any atom is -0.493 e. The van der Waals surface area contributed by atoms with Gasteiger partial charge in [-0.1, -0.05) is 6.07 Å². The van der Waals surface area contributed by atoms with Gasteiger partial charge in [0.15, 0.2) is 11.5 Å². The van der Waals surface area contributed by atoms with Crippen LogP contribution in [0.2, 0.25) is 0 Å². The van der Waals surface area contributed by atoms with Gasteiger partial charge in [0.2, 0.25) is 5.75 Å². The summed E-state index contributed by atoms with van der Waals surface area (Å²) in [6.45, 7) is 5.98. The Morgan fingerprint density at radius 1 is 1.04 bits per heavy atom. The molecule has 0 unspecified atom stereocenters. The van der Waals surface area contributed by atoms with Gasteiger partial charge in [-0.05, 0) is 12.1 Å². The maximum atomic E-state index is 10.3. The van der Waals surface area contributed by atoms with Crippen molar-refractivity contribution in [1.82, 2.24) is 0 Å². The number of methoxy groups -OCH3 is 2. The molecule has 1 aliphatic rings. The summed E-state index contributed by atoms with van der Waals surface area (Å²) in [7, 11) is 3.16. The van der Waals surface area contributed by atoms with E-state index in [1.807, 2.05) is 6.07 Å². The Bertz CT molecular complexity index is 470. The first kappa shape index (κ1) is 18.8. The maximum Gasteiger partial charge on any atom is 0.203 e. The summed E-state index contributed by atoms with van der Waals surface area (Å²) >= 11 is 0. The van der Waals surface area contributed by atoms with E-state index in [1.54, 1.807) is 26.4 Å². The van der Waals surface area contributed by atoms with Crippen molar-refractivity contribution in [2.24, 2.45) is 0 Å². The van der Waals surface area contributed by atoms with Crippen LogP contribution >= 0.6 is 0 Å². The van der Waals surface area contributed by atoms with Gasteiger partial charge < -0.3 is 34.2 Å². The van der Waals surface area contributed by atoms with E-state index in [-0.39, 0.29) is 13.2 Å². The molecule has 1 atom stereocenters. The van der Waals surface area contributed by atoms with Gasteiger partial charge in [-0.3, -0.25) is 0 Å². The second-order valence-corrected chi connectivity index (χ2v) is 6.13. The van der Waals surface area contributed by atoms with Gasteiger partial charge in [0.05, 0.1) is 20.8 Å². The summed E-state index contributed by atoms with van der Waals surface area (Å²) in [6, 6.07) is 5.44. The number of benzene rings is 1. The van der Waals surface area contributed by atoms with E-state index >= 15 is 0 Å². The van der Waals surface area contributed by atoms with Crippen LogP contribution in [-0.2, 0) is 0 Å². The highest BCUT2D eigenvalue weighted by Crippen LogP contribution is 2.36. The Morgan fingerprint density at radius 2 is 1.62 bits per heavy atom. The molecule has 1 saturated heterocycles. The van der Waals surface area contributed by atoms with E-state index in [1.165, 1.54) is 9.80 Å². The third kappa shape index (κ3) is 5.24. The van der Waals surface area contributed by atoms with E-state index in [0.717, 1.165) is 32.7 Å². The number of hydrogen-bond donors (Lipinski definition) is 4. The number of aliphatic hydroxyl groups excluding tert-OH is 2. The molecule has 0 spiro atoms. The summed E-state index contributed by atoms with van der Waals surface area (Å²) in [5.41, 5.74) is 0. The number of nitrogens with one attached hydrogen (secondary N) is 2. The normalized spacial score (nSPS) is 22.0. The fourth-order valence-electron chi connectivity index (χ4n) is 3.10. The Morgan fingerprint density at radius 3 is 2.17 bits per heavy atom. The highest BCUT2D eigenvalue weighted by Gasteiger charge is 2.25. The summed E-state index contributed by atoms with van der Waals surface area (Å²) in [6.07, 6.45) is -0.547. The van der Waals surface area contributed by atoms with Crippen LogP contribution in [0, 0.1) is 0 Å². The summed E-state index contributed by atoms with van der Waals surface area (Å²) in [5.74, 6) is 1.71. The van der Waals surface area contributed by atoms with Gasteiger partial charge in [0.25, 0.3) is 0 Å². The van der Waals surface area contributed by atoms with Crippen molar-refractivity contribution in [1.29, 1.82) is 0 Å². The highest BCUT2D eigenvalue weighted by molar-refractivity contribution is 5.51. The van der Waals surface area contributed by atoms with Crippen LogP contribution in [0.1, 0.15) is 0 Å². The van der Waals surface area contributed by atoms with Crippen molar-refractivity contribution in [3.63, 3.8) is 0 Å². The first-order valence-electron chi connectivity index (χ1n) is 8.47. The van der Waals surface area contributed by atoms with Crippen LogP contribution < -0.4 is 24.0 Å². The smallest absolute Gasteiger partial charge is 0.203 e. The Balaban J connectivity index is 1.81. The fourth-order valence-corrected chi connectivity index (χ4v) is 3.10. The second kappa shape index (κ2) is 9.68. The van der Waals surface area contributed by atoms with Crippen molar-refractivity contribution in [3.8, 4) is 17.2 Å². The molecule has 1 aromatic rings. The number of rotatable bonds is 9. The number of para-hydroxylation sites is 1. The van der Waals surface area contributed by atoms with E-state index in [9.17, 15) is 5.11 Å². The molecule has 24 heavy (non-hydrogen) atoms. The van der Waals surface area contributed by atoms with Gasteiger partial charge in [-0.15, -0.1) is 0 Å². The molecule has 1 fully saturated rings. The van der Waals surface area contributed by atoms with Crippen LogP contribution in [0.4, 0.5) is 0 Å². The van der Waals surface area contributed by atoms with Gasteiger partial charge in [-0.25, -0.2) is 0 Å². The lowest BCUT2D eigenvalue weighted by Gasteiger charge is -2.30. The summed E-state index contributed by atoms with van der Waals surface area (Å²) < 4.78 is 16.3. The highest BCUT2D eigenvalue weighted by atomic mass is 16.5. The molecule has 4 N–H and O–H groups in total. The number of piperazine rings is 1. The van der Waals surface area contributed by atoms with Crippen LogP contribution in [0.3, 0.4) is 0 Å². The third-order valence-corrected chi connectivity index (χ3v) is 4.46. The molecule has 1 aliphatic heterocycles. The van der Waals surface area contributed by atoms with E-state index < -0.39 is 6.10 Å². The minimum atomic E-state index is -0.547. The van der Waals surface area contributed by atoms with E-state index in [2.05, 4.69) is 0 Å². The predicted octanol–water partition coefficient (Wildman–Crippen LogP) is -2.78. The lowest BCUT2D eigenvalue weighted by Crippen LogP contribution is -3.28. The zero-order valence-corrected chi connectivity index (χ0v) is 14.6. The lowest BCUT2D eigenvalue weighted by atomic mass is 10.2. The minimum absolute atomic E-state index is 0.202. The molecule has 1 heterocycles. The number of quaternary nitrogens is 2. The Kier molecular flexibility index (Phi) is 7.58. The Hall–Kier alpha value is -1.54. The molecule has 1 aromatic carbocycles. The first-order valence-corrected chi connectivity index (χ1v) is 8.47. The number of hydrogen-bond acceptors (Lipinski definition) is 5. The zero-order chi connectivity index (χ0) is 17.4. The third-order valence-electron chi connectivity index (χ3n) is 4.46. The average molecular weight is 342 g/mol. The number of aliphatic hydroxyl groups is 2. The summed E-state index contributed by atoms with van der Waals surface area (Å²) in [5, 5.41) is 19.3. The molecule has 2 rings (SSSR count). The lowest BCUT2D eigenvalue weighted by molar-refractivity contribution is -1.01. The van der Waals surface area contributed by atoms with E-state index in [4.69, 9.17) is 19.3 Å². The van der Waals surface area contributed by atoms with Crippen LogP contribution in [0.25, 0.3) is 0 Å². The van der Waals surface area contributed by atoms with Crippen molar-refractivity contribution in [2.45, 2.75) is 6.10 Å². The molecule has 136 valence electrons. The molecule has 0 bridgehead atoms. The van der Waals surface area contributed by atoms with Crippen LogP contribution in [0.5, 0.6) is 17.2 Å². The van der Waals surface area contributed by atoms with Crippen molar-refractivity contribution >= 4 is 0 Å². The van der Waals surface area contributed by atoms with Crippen molar-refractivity contribution in [2.75, 3.05) is 66.7 Å². The predicted molar refractivity (Wildman–Crippen MR) is 89.3 cm³/mol. The largest absolute Gasteiger partial charge is 0.493 e. The van der Waals surface area contributed by atoms with Crippen LogP contribution in [0.15, 0.2) is 18.2 Å². The first-order chi connectivity index (χ1) is 11.7. The van der Waals surface area contributed by atoms with Crippen molar-refractivity contribution < 1.29 is 34.2 Å². The van der Waals surface area contributed by atoms with Gasteiger partial charge >= 0.3 is 0 Å². The van der Waals surface area contributed by atoms with Gasteiger partial charge in [0.1, 0.15) is 52.0 Å². The SMILES string of the molecule is COc1cccc(OC)c1OC[C@@H](O)C[NH+]1CC[NH+](CCO)CC1. The number of ether oxygens (including phenoxy) is 3. The monoisotopic (exact) mass is 342 g/mol. The fraction of sp³-hybridized carbons (Fsp3) is 0.647. The summed E-state index contributed by atoms with van der Waals surface area (Å²) in [4.78, 5) is 2.81. The molecule has 7 nitrogen and oxygen atoms in total. The molecular weight excluding hydrogens is 312 g/mol. The zero-order valence-electron chi connectivity index (χ0n) is 14.6. The molecule has 7 heteroatoms. The molecule has 0 amide bonds. The van der Waals surface area contributed by atoms with Gasteiger partial charge in [0, 0.05) is 0 Å². The van der Waals surface area contributed by atoms with Crippen LogP contribution in [-0.4, -0.2) is 83.0 Å². The topological polar surface area (TPSA) is 77.0 Å². The molecule has 0 radical (unpaired) electrons. The average Bonchev–Trinajstić information content (AvgIpc) is 2.61.